The molecule has 0 bridgehead atoms. The summed E-state index contributed by atoms with van der Waals surface area (Å²) in [5, 5.41) is 6.36. The van der Waals surface area contributed by atoms with Gasteiger partial charge < -0.3 is 20.1 Å². The number of anilines is 1. The van der Waals surface area contributed by atoms with Crippen molar-refractivity contribution < 1.29 is 17.9 Å². The van der Waals surface area contributed by atoms with E-state index in [0.29, 0.717) is 38.8 Å². The molecule has 0 unspecified atom stereocenters. The van der Waals surface area contributed by atoms with E-state index in [0.717, 1.165) is 29.4 Å². The molecule has 1 heterocycles. The Morgan fingerprint density at radius 1 is 1.27 bits per heavy atom. The van der Waals surface area contributed by atoms with Crippen LogP contribution in [0.25, 0.3) is 0 Å². The Labute approximate surface area is 201 Å². The summed E-state index contributed by atoms with van der Waals surface area (Å²) in [6.45, 7) is 5.27. The fourth-order valence-corrected chi connectivity index (χ4v) is 5.18. The molecule has 1 fully saturated rings. The third-order valence-corrected chi connectivity index (χ3v) is 6.98. The molecule has 8 nitrogen and oxygen atoms in total. The monoisotopic (exact) mass is 572 g/mol. The van der Waals surface area contributed by atoms with Crippen LogP contribution in [0.4, 0.5) is 5.69 Å². The Bertz CT molecular complexity index is 744. The SMILES string of the molecule is CCNC(=NCCS(=O)(=O)N1CCSCC1)Nc1cccc(OCCCOC)c1.I. The first-order chi connectivity index (χ1) is 14.0. The van der Waals surface area contributed by atoms with Gasteiger partial charge >= 0.3 is 0 Å². The number of ether oxygens (including phenoxy) is 2. The molecule has 1 aromatic carbocycles. The molecule has 0 amide bonds. The number of sulfonamides is 1. The van der Waals surface area contributed by atoms with Crippen LogP contribution in [0.2, 0.25) is 0 Å². The van der Waals surface area contributed by atoms with E-state index in [4.69, 9.17) is 9.47 Å². The Kier molecular flexibility index (Phi) is 13.7. The molecule has 0 atom stereocenters. The first kappa shape index (κ1) is 27.3. The summed E-state index contributed by atoms with van der Waals surface area (Å²) in [5.74, 6) is 3.03. The number of hydrogen-bond acceptors (Lipinski definition) is 6. The maximum atomic E-state index is 12.5. The van der Waals surface area contributed by atoms with Gasteiger partial charge in [0, 0.05) is 63.0 Å². The zero-order chi connectivity index (χ0) is 21.0. The van der Waals surface area contributed by atoms with Crippen molar-refractivity contribution >= 4 is 57.4 Å². The quantitative estimate of drug-likeness (QED) is 0.182. The second-order valence-corrected chi connectivity index (χ2v) is 9.75. The number of thioether (sulfide) groups is 1. The van der Waals surface area contributed by atoms with Crippen LogP contribution in [0, 0.1) is 0 Å². The number of benzene rings is 1. The predicted octanol–water partition coefficient (Wildman–Crippen LogP) is 2.48. The van der Waals surface area contributed by atoms with Gasteiger partial charge in [-0.05, 0) is 19.1 Å². The number of guanidine groups is 1. The molecule has 172 valence electrons. The number of hydrogen-bond donors (Lipinski definition) is 2. The van der Waals surface area contributed by atoms with E-state index in [2.05, 4.69) is 15.6 Å². The van der Waals surface area contributed by atoms with Gasteiger partial charge in [-0.25, -0.2) is 12.7 Å². The highest BCUT2D eigenvalue weighted by Crippen LogP contribution is 2.17. The Morgan fingerprint density at radius 2 is 2.03 bits per heavy atom. The van der Waals surface area contributed by atoms with Gasteiger partial charge in [0.25, 0.3) is 0 Å². The van der Waals surface area contributed by atoms with Crippen LogP contribution in [0.1, 0.15) is 13.3 Å². The minimum Gasteiger partial charge on any atom is -0.493 e. The average Bonchev–Trinajstić information content (AvgIpc) is 2.72. The Hall–Kier alpha value is -0.760. The Balaban J connectivity index is 0.00000450. The minimum absolute atomic E-state index is 0. The molecular formula is C19H33IN4O4S2. The summed E-state index contributed by atoms with van der Waals surface area (Å²) in [6, 6.07) is 7.60. The second kappa shape index (κ2) is 15.1. The highest BCUT2D eigenvalue weighted by atomic mass is 127. The lowest BCUT2D eigenvalue weighted by Crippen LogP contribution is -2.40. The van der Waals surface area contributed by atoms with E-state index in [1.165, 1.54) is 0 Å². The molecule has 2 N–H and O–H groups in total. The van der Waals surface area contributed by atoms with Crippen molar-refractivity contribution in [1.29, 1.82) is 0 Å². The van der Waals surface area contributed by atoms with Gasteiger partial charge in [-0.15, -0.1) is 24.0 Å². The van der Waals surface area contributed by atoms with Crippen LogP contribution in [0.15, 0.2) is 29.3 Å². The zero-order valence-corrected chi connectivity index (χ0v) is 21.6. The van der Waals surface area contributed by atoms with Crippen molar-refractivity contribution in [1.82, 2.24) is 9.62 Å². The lowest BCUT2D eigenvalue weighted by atomic mass is 10.3. The third kappa shape index (κ3) is 10.0. The van der Waals surface area contributed by atoms with Gasteiger partial charge in [0.1, 0.15) is 5.75 Å². The second-order valence-electron chi connectivity index (χ2n) is 6.44. The van der Waals surface area contributed by atoms with Crippen LogP contribution < -0.4 is 15.4 Å². The number of halogens is 1. The van der Waals surface area contributed by atoms with Gasteiger partial charge in [0.15, 0.2) is 5.96 Å². The number of aliphatic imine (C=N–C) groups is 1. The molecular weight excluding hydrogens is 539 g/mol. The van der Waals surface area contributed by atoms with Gasteiger partial charge in [0.05, 0.1) is 18.9 Å². The summed E-state index contributed by atoms with van der Waals surface area (Å²) in [4.78, 5) is 4.43. The van der Waals surface area contributed by atoms with Crippen molar-refractivity contribution in [3.63, 3.8) is 0 Å². The average molecular weight is 573 g/mol. The lowest BCUT2D eigenvalue weighted by molar-refractivity contribution is 0.172. The normalized spacial score (nSPS) is 15.3. The predicted molar refractivity (Wildman–Crippen MR) is 136 cm³/mol. The Morgan fingerprint density at radius 3 is 2.73 bits per heavy atom. The van der Waals surface area contributed by atoms with E-state index >= 15 is 0 Å². The topological polar surface area (TPSA) is 92.3 Å². The molecule has 1 aliphatic rings. The molecule has 0 spiro atoms. The summed E-state index contributed by atoms with van der Waals surface area (Å²) in [7, 11) is -1.59. The first-order valence-electron chi connectivity index (χ1n) is 9.88. The summed E-state index contributed by atoms with van der Waals surface area (Å²) in [6.07, 6.45) is 0.822. The van der Waals surface area contributed by atoms with Gasteiger partial charge in [-0.1, -0.05) is 6.07 Å². The highest BCUT2D eigenvalue weighted by Gasteiger charge is 2.23. The molecule has 0 saturated carbocycles. The number of rotatable bonds is 11. The summed E-state index contributed by atoms with van der Waals surface area (Å²) in [5.41, 5.74) is 0.824. The van der Waals surface area contributed by atoms with Crippen LogP contribution in [-0.2, 0) is 14.8 Å². The van der Waals surface area contributed by atoms with Gasteiger partial charge in [-0.3, -0.25) is 4.99 Å². The van der Waals surface area contributed by atoms with E-state index in [1.807, 2.05) is 31.2 Å². The number of methoxy groups -OCH3 is 1. The van der Waals surface area contributed by atoms with Crippen molar-refractivity contribution in [2.45, 2.75) is 13.3 Å². The molecule has 1 saturated heterocycles. The maximum absolute atomic E-state index is 12.5. The van der Waals surface area contributed by atoms with Crippen molar-refractivity contribution in [3.8, 4) is 5.75 Å². The molecule has 30 heavy (non-hydrogen) atoms. The number of nitrogens with one attached hydrogen (secondary N) is 2. The summed E-state index contributed by atoms with van der Waals surface area (Å²) < 4.78 is 37.2. The molecule has 0 radical (unpaired) electrons. The minimum atomic E-state index is -3.26. The third-order valence-electron chi connectivity index (χ3n) is 4.19. The van der Waals surface area contributed by atoms with E-state index in [9.17, 15) is 8.42 Å². The molecule has 1 aliphatic heterocycles. The lowest BCUT2D eigenvalue weighted by Gasteiger charge is -2.25. The molecule has 1 aromatic rings. The van der Waals surface area contributed by atoms with Gasteiger partial charge in [0.2, 0.25) is 10.0 Å². The van der Waals surface area contributed by atoms with E-state index in [-0.39, 0.29) is 36.3 Å². The fraction of sp³-hybridized carbons (Fsp3) is 0.632. The molecule has 0 aromatic heterocycles. The molecule has 11 heteroatoms. The molecule has 2 rings (SSSR count). The standard InChI is InChI=1S/C19H32N4O4S2.HI/c1-3-20-19(21-8-15-29(24,25)23-9-13-28-14-10-23)22-17-6-4-7-18(16-17)27-12-5-11-26-2;/h4,6-7,16H,3,5,8-15H2,1-2H3,(H2,20,21,22);1H. The maximum Gasteiger partial charge on any atom is 0.215 e. The smallest absolute Gasteiger partial charge is 0.215 e. The molecule has 0 aliphatic carbocycles. The van der Waals surface area contributed by atoms with Crippen LogP contribution in [0.3, 0.4) is 0 Å². The van der Waals surface area contributed by atoms with Crippen molar-refractivity contribution in [2.75, 3.05) is 69.1 Å². The largest absolute Gasteiger partial charge is 0.493 e. The first-order valence-corrected chi connectivity index (χ1v) is 12.6. The van der Waals surface area contributed by atoms with Gasteiger partial charge in [-0.2, -0.15) is 11.8 Å². The zero-order valence-electron chi connectivity index (χ0n) is 17.6. The number of nitrogens with zero attached hydrogens (tertiary/aromatic N) is 2. The van der Waals surface area contributed by atoms with Crippen molar-refractivity contribution in [3.05, 3.63) is 24.3 Å². The van der Waals surface area contributed by atoms with Crippen molar-refractivity contribution in [2.24, 2.45) is 4.99 Å². The van der Waals surface area contributed by atoms with Crippen LogP contribution in [0.5, 0.6) is 5.75 Å². The highest BCUT2D eigenvalue weighted by molar-refractivity contribution is 14.0. The van der Waals surface area contributed by atoms with Crippen LogP contribution in [-0.4, -0.2) is 82.4 Å². The van der Waals surface area contributed by atoms with Crippen LogP contribution >= 0.6 is 35.7 Å². The van der Waals surface area contributed by atoms with E-state index < -0.39 is 10.0 Å². The summed E-state index contributed by atoms with van der Waals surface area (Å²) >= 11 is 1.79. The van der Waals surface area contributed by atoms with E-state index in [1.54, 1.807) is 23.2 Å². The fourth-order valence-electron chi connectivity index (χ4n) is 2.73.